The molecule has 0 saturated heterocycles. The molecule has 0 aromatic heterocycles. The molecule has 0 saturated carbocycles. The molecule has 0 fully saturated rings. The van der Waals surface area contributed by atoms with Crippen molar-refractivity contribution in [2.75, 3.05) is 13.7 Å². The van der Waals surface area contributed by atoms with Crippen LogP contribution in [-0.2, 0) is 0 Å². The quantitative estimate of drug-likeness (QED) is 0.765. The zero-order valence-corrected chi connectivity index (χ0v) is 8.45. The van der Waals surface area contributed by atoms with E-state index in [1.807, 2.05) is 24.3 Å². The highest BCUT2D eigenvalue weighted by Crippen LogP contribution is 2.13. The molecule has 1 aromatic rings. The van der Waals surface area contributed by atoms with Crippen LogP contribution in [0.15, 0.2) is 29.3 Å². The Balaban J connectivity index is 2.17. The summed E-state index contributed by atoms with van der Waals surface area (Å²) in [6.45, 7) is 2.99. The fraction of sp³-hybridized carbons (Fsp3) is 0.364. The number of benzene rings is 1. The third kappa shape index (κ3) is 1.71. The highest BCUT2D eigenvalue weighted by molar-refractivity contribution is 6.00. The average Bonchev–Trinajstić information content (AvgIpc) is 2.65. The molecule has 74 valence electrons. The van der Waals surface area contributed by atoms with E-state index in [2.05, 4.69) is 17.2 Å². The van der Waals surface area contributed by atoms with Crippen molar-refractivity contribution in [2.45, 2.75) is 13.0 Å². The third-order valence-electron chi connectivity index (χ3n) is 2.27. The predicted octanol–water partition coefficient (Wildman–Crippen LogP) is 1.43. The number of hydrogen-bond donors (Lipinski definition) is 1. The van der Waals surface area contributed by atoms with Gasteiger partial charge in [-0.25, -0.2) is 0 Å². The smallest absolute Gasteiger partial charge is 0.128 e. The number of aliphatic imine (C=N–C) groups is 1. The summed E-state index contributed by atoms with van der Waals surface area (Å²) >= 11 is 0. The molecule has 1 aliphatic heterocycles. The normalized spacial score (nSPS) is 20.1. The van der Waals surface area contributed by atoms with Gasteiger partial charge in [0.25, 0.3) is 0 Å². The van der Waals surface area contributed by atoms with E-state index in [9.17, 15) is 0 Å². The monoisotopic (exact) mass is 190 g/mol. The zero-order chi connectivity index (χ0) is 9.97. The number of hydrogen-bond acceptors (Lipinski definition) is 3. The lowest BCUT2D eigenvalue weighted by atomic mass is 10.2. The number of nitrogens with one attached hydrogen (secondary N) is 1. The summed E-state index contributed by atoms with van der Waals surface area (Å²) in [7, 11) is 1.67. The molecule has 3 nitrogen and oxygen atoms in total. The Bertz CT molecular complexity index is 343. The Labute approximate surface area is 83.8 Å². The Morgan fingerprint density at radius 2 is 2.07 bits per heavy atom. The van der Waals surface area contributed by atoms with Crippen molar-refractivity contribution in [3.05, 3.63) is 29.8 Å². The summed E-state index contributed by atoms with van der Waals surface area (Å²) in [5, 5.41) is 3.32. The van der Waals surface area contributed by atoms with Crippen LogP contribution in [-0.4, -0.2) is 25.5 Å². The van der Waals surface area contributed by atoms with E-state index >= 15 is 0 Å². The Morgan fingerprint density at radius 1 is 1.36 bits per heavy atom. The van der Waals surface area contributed by atoms with Crippen LogP contribution in [0.2, 0.25) is 0 Å². The van der Waals surface area contributed by atoms with E-state index in [1.54, 1.807) is 7.11 Å². The predicted molar refractivity (Wildman–Crippen MR) is 57.0 cm³/mol. The van der Waals surface area contributed by atoms with Crippen LogP contribution in [0.25, 0.3) is 0 Å². The molecule has 0 spiro atoms. The minimum Gasteiger partial charge on any atom is -0.497 e. The molecule has 0 bridgehead atoms. The first-order valence-electron chi connectivity index (χ1n) is 4.75. The number of methoxy groups -OCH3 is 1. The summed E-state index contributed by atoms with van der Waals surface area (Å²) in [5.41, 5.74) is 1.12. The van der Waals surface area contributed by atoms with Crippen molar-refractivity contribution < 1.29 is 4.74 Å². The van der Waals surface area contributed by atoms with Gasteiger partial charge in [0.05, 0.1) is 13.7 Å². The first-order valence-corrected chi connectivity index (χ1v) is 4.75. The average molecular weight is 190 g/mol. The summed E-state index contributed by atoms with van der Waals surface area (Å²) in [6.07, 6.45) is 0. The van der Waals surface area contributed by atoms with Crippen LogP contribution in [0.3, 0.4) is 0 Å². The van der Waals surface area contributed by atoms with Crippen LogP contribution in [0.5, 0.6) is 5.75 Å². The van der Waals surface area contributed by atoms with Gasteiger partial charge in [-0.3, -0.25) is 4.99 Å². The largest absolute Gasteiger partial charge is 0.497 e. The molecule has 2 rings (SSSR count). The highest BCUT2D eigenvalue weighted by atomic mass is 16.5. The minimum absolute atomic E-state index is 0.451. The molecule has 14 heavy (non-hydrogen) atoms. The first-order chi connectivity index (χ1) is 6.79. The standard InChI is InChI=1S/C11H14N2O/c1-8-7-12-11(13-8)9-3-5-10(14-2)6-4-9/h3-6,8H,7H2,1-2H3,(H,12,13). The van der Waals surface area contributed by atoms with Crippen molar-refractivity contribution in [3.63, 3.8) is 0 Å². The lowest BCUT2D eigenvalue weighted by Gasteiger charge is -2.06. The fourth-order valence-corrected chi connectivity index (χ4v) is 1.48. The van der Waals surface area contributed by atoms with Gasteiger partial charge in [-0.15, -0.1) is 0 Å². The zero-order valence-electron chi connectivity index (χ0n) is 8.45. The molecule has 0 radical (unpaired) electrons. The van der Waals surface area contributed by atoms with Gasteiger partial charge in [-0.2, -0.15) is 0 Å². The second kappa shape index (κ2) is 3.70. The molecular formula is C11H14N2O. The van der Waals surface area contributed by atoms with E-state index in [0.29, 0.717) is 6.04 Å². The maximum absolute atomic E-state index is 5.09. The fourth-order valence-electron chi connectivity index (χ4n) is 1.48. The Hall–Kier alpha value is -1.51. The van der Waals surface area contributed by atoms with E-state index in [-0.39, 0.29) is 0 Å². The molecule has 1 heterocycles. The Kier molecular flexibility index (Phi) is 2.39. The second-order valence-electron chi connectivity index (χ2n) is 3.46. The van der Waals surface area contributed by atoms with Crippen LogP contribution >= 0.6 is 0 Å². The number of nitrogens with zero attached hydrogens (tertiary/aromatic N) is 1. The van der Waals surface area contributed by atoms with Crippen molar-refractivity contribution in [3.8, 4) is 5.75 Å². The summed E-state index contributed by atoms with van der Waals surface area (Å²) < 4.78 is 5.09. The second-order valence-corrected chi connectivity index (χ2v) is 3.46. The highest BCUT2D eigenvalue weighted by Gasteiger charge is 2.13. The minimum atomic E-state index is 0.451. The lowest BCUT2D eigenvalue weighted by molar-refractivity contribution is 0.415. The van der Waals surface area contributed by atoms with Crippen LogP contribution < -0.4 is 10.1 Å². The number of ether oxygens (including phenoxy) is 1. The van der Waals surface area contributed by atoms with Gasteiger partial charge in [0.1, 0.15) is 11.6 Å². The van der Waals surface area contributed by atoms with E-state index in [4.69, 9.17) is 4.74 Å². The molecular weight excluding hydrogens is 176 g/mol. The molecule has 1 atom stereocenters. The van der Waals surface area contributed by atoms with Gasteiger partial charge in [0.2, 0.25) is 0 Å². The van der Waals surface area contributed by atoms with Crippen LogP contribution in [0.1, 0.15) is 12.5 Å². The van der Waals surface area contributed by atoms with E-state index in [1.165, 1.54) is 0 Å². The van der Waals surface area contributed by atoms with Crippen LogP contribution in [0, 0.1) is 0 Å². The van der Waals surface area contributed by atoms with E-state index < -0.39 is 0 Å². The third-order valence-corrected chi connectivity index (χ3v) is 2.27. The molecule has 1 unspecified atom stereocenters. The van der Waals surface area contributed by atoms with Crippen molar-refractivity contribution in [2.24, 2.45) is 4.99 Å². The maximum Gasteiger partial charge on any atom is 0.128 e. The van der Waals surface area contributed by atoms with Gasteiger partial charge in [-0.05, 0) is 31.2 Å². The Morgan fingerprint density at radius 3 is 2.57 bits per heavy atom. The summed E-state index contributed by atoms with van der Waals surface area (Å²) in [5.74, 6) is 1.86. The SMILES string of the molecule is COc1ccc(C2=NCC(C)N2)cc1. The summed E-state index contributed by atoms with van der Waals surface area (Å²) in [4.78, 5) is 4.41. The van der Waals surface area contributed by atoms with Crippen molar-refractivity contribution in [1.82, 2.24) is 5.32 Å². The maximum atomic E-state index is 5.09. The first kappa shape index (κ1) is 9.06. The van der Waals surface area contributed by atoms with Crippen molar-refractivity contribution >= 4 is 5.84 Å². The molecule has 1 N–H and O–H groups in total. The molecule has 1 aliphatic rings. The lowest BCUT2D eigenvalue weighted by Crippen LogP contribution is -2.27. The van der Waals surface area contributed by atoms with Crippen LogP contribution in [0.4, 0.5) is 0 Å². The van der Waals surface area contributed by atoms with Gasteiger partial charge in [-0.1, -0.05) is 0 Å². The molecule has 0 amide bonds. The number of rotatable bonds is 2. The summed E-state index contributed by atoms with van der Waals surface area (Å²) in [6, 6.07) is 8.38. The van der Waals surface area contributed by atoms with Gasteiger partial charge < -0.3 is 10.1 Å². The van der Waals surface area contributed by atoms with E-state index in [0.717, 1.165) is 23.7 Å². The molecule has 0 aliphatic carbocycles. The van der Waals surface area contributed by atoms with Gasteiger partial charge in [0, 0.05) is 11.6 Å². The topological polar surface area (TPSA) is 33.6 Å². The number of amidine groups is 1. The molecule has 3 heteroatoms. The van der Waals surface area contributed by atoms with Gasteiger partial charge in [0.15, 0.2) is 0 Å². The molecule has 1 aromatic carbocycles. The van der Waals surface area contributed by atoms with Crippen molar-refractivity contribution in [1.29, 1.82) is 0 Å². The van der Waals surface area contributed by atoms with Gasteiger partial charge >= 0.3 is 0 Å².